The van der Waals surface area contributed by atoms with Crippen molar-refractivity contribution in [1.29, 1.82) is 0 Å². The first-order valence-electron chi connectivity index (χ1n) is 9.49. The fraction of sp³-hybridized carbons (Fsp3) is 0.850. The number of likely N-dealkylation sites (tertiary alicyclic amines) is 1. The van der Waals surface area contributed by atoms with E-state index in [-0.39, 0.29) is 23.2 Å². The molecule has 0 spiro atoms. The van der Waals surface area contributed by atoms with Crippen molar-refractivity contribution >= 4 is 18.0 Å². The van der Waals surface area contributed by atoms with Crippen LogP contribution in [0.5, 0.6) is 0 Å². The quantitative estimate of drug-likeness (QED) is 0.759. The van der Waals surface area contributed by atoms with Gasteiger partial charge in [-0.15, -0.1) is 0 Å². The molecule has 2 fully saturated rings. The molecule has 2 aliphatic rings. The summed E-state index contributed by atoms with van der Waals surface area (Å²) in [5, 5.41) is 2.71. The summed E-state index contributed by atoms with van der Waals surface area (Å²) >= 11 is 0. The molecule has 154 valence electrons. The van der Waals surface area contributed by atoms with Crippen LogP contribution in [0.25, 0.3) is 0 Å². The van der Waals surface area contributed by atoms with Gasteiger partial charge in [-0.2, -0.15) is 0 Å². The third kappa shape index (κ3) is 4.22. The van der Waals surface area contributed by atoms with E-state index in [1.54, 1.807) is 25.7 Å². The van der Waals surface area contributed by atoms with Crippen LogP contribution in [0, 0.1) is 22.7 Å². The van der Waals surface area contributed by atoms with Crippen LogP contribution < -0.4 is 5.32 Å². The van der Waals surface area contributed by atoms with E-state index in [9.17, 15) is 14.4 Å². The fourth-order valence-electron chi connectivity index (χ4n) is 4.14. The molecule has 2 amide bonds. The Balaban J connectivity index is 2.23. The van der Waals surface area contributed by atoms with Gasteiger partial charge in [0, 0.05) is 12.5 Å². The highest BCUT2D eigenvalue weighted by Gasteiger charge is 2.70. The summed E-state index contributed by atoms with van der Waals surface area (Å²) in [7, 11) is 1.34. The highest BCUT2D eigenvalue weighted by atomic mass is 16.6. The molecular weight excluding hydrogens is 348 g/mol. The first kappa shape index (κ1) is 21.5. The lowest BCUT2D eigenvalue weighted by atomic mass is 9.85. The number of rotatable bonds is 3. The van der Waals surface area contributed by atoms with E-state index >= 15 is 0 Å². The summed E-state index contributed by atoms with van der Waals surface area (Å²) in [6, 6.07) is -1.41. The predicted molar refractivity (Wildman–Crippen MR) is 101 cm³/mol. The van der Waals surface area contributed by atoms with Crippen molar-refractivity contribution in [3.05, 3.63) is 0 Å². The molecule has 7 nitrogen and oxygen atoms in total. The van der Waals surface area contributed by atoms with Gasteiger partial charge in [-0.25, -0.2) is 9.59 Å². The van der Waals surface area contributed by atoms with E-state index < -0.39 is 35.2 Å². The van der Waals surface area contributed by atoms with Gasteiger partial charge in [0.05, 0.1) is 7.11 Å². The number of carbonyl (C=O) groups excluding carboxylic acids is 3. The number of fused-ring (bicyclic) bond motifs is 1. The second kappa shape index (κ2) is 6.67. The molecule has 0 radical (unpaired) electrons. The number of nitrogens with zero attached hydrogens (tertiary/aromatic N) is 1. The molecule has 1 aliphatic carbocycles. The van der Waals surface area contributed by atoms with Crippen molar-refractivity contribution in [2.24, 2.45) is 22.7 Å². The van der Waals surface area contributed by atoms with E-state index in [1.807, 2.05) is 20.8 Å². The summed E-state index contributed by atoms with van der Waals surface area (Å²) in [5.41, 5.74) is -1.19. The number of piperidine rings is 1. The van der Waals surface area contributed by atoms with Gasteiger partial charge in [0.25, 0.3) is 0 Å². The summed E-state index contributed by atoms with van der Waals surface area (Å²) in [4.78, 5) is 39.6. The van der Waals surface area contributed by atoms with Crippen LogP contribution >= 0.6 is 0 Å². The Bertz CT molecular complexity index is 629. The highest BCUT2D eigenvalue weighted by molar-refractivity contribution is 5.91. The topological polar surface area (TPSA) is 84.9 Å². The van der Waals surface area contributed by atoms with Gasteiger partial charge in [-0.3, -0.25) is 4.79 Å². The third-order valence-electron chi connectivity index (χ3n) is 5.71. The first-order valence-corrected chi connectivity index (χ1v) is 9.49. The molecule has 1 heterocycles. The highest BCUT2D eigenvalue weighted by Crippen LogP contribution is 2.65. The molecule has 1 N–H and O–H groups in total. The van der Waals surface area contributed by atoms with Crippen molar-refractivity contribution in [2.75, 3.05) is 13.7 Å². The zero-order valence-corrected chi connectivity index (χ0v) is 18.0. The monoisotopic (exact) mass is 382 g/mol. The SMILES string of the molecule is COC(=O)[C@@H]1[C@@H]2[C@H](CN1C(=O)[C@H](NC(=O)OC(C)(C)C)C(C)(C)C)C2(C)C. The van der Waals surface area contributed by atoms with Gasteiger partial charge in [0.1, 0.15) is 17.7 Å². The molecule has 1 saturated carbocycles. The summed E-state index contributed by atoms with van der Waals surface area (Å²) in [6.07, 6.45) is -0.643. The smallest absolute Gasteiger partial charge is 0.408 e. The van der Waals surface area contributed by atoms with Crippen LogP contribution in [-0.2, 0) is 19.1 Å². The molecule has 27 heavy (non-hydrogen) atoms. The normalized spacial score (nSPS) is 27.4. The Labute approximate surface area is 162 Å². The van der Waals surface area contributed by atoms with Gasteiger partial charge in [-0.1, -0.05) is 34.6 Å². The van der Waals surface area contributed by atoms with Gasteiger partial charge in [0.2, 0.25) is 5.91 Å². The van der Waals surface area contributed by atoms with Gasteiger partial charge >= 0.3 is 12.1 Å². The largest absolute Gasteiger partial charge is 0.467 e. The molecule has 2 rings (SSSR count). The number of ether oxygens (including phenoxy) is 2. The Morgan fingerprint density at radius 2 is 1.67 bits per heavy atom. The third-order valence-corrected chi connectivity index (χ3v) is 5.71. The summed E-state index contributed by atoms with van der Waals surface area (Å²) in [6.45, 7) is 15.7. The van der Waals surface area contributed by atoms with Crippen molar-refractivity contribution < 1.29 is 23.9 Å². The molecular formula is C20H34N2O5. The zero-order chi connectivity index (χ0) is 20.9. The molecule has 0 aromatic heterocycles. The second-order valence-corrected chi connectivity index (χ2v) is 10.4. The number of hydrogen-bond acceptors (Lipinski definition) is 5. The minimum Gasteiger partial charge on any atom is -0.467 e. The van der Waals surface area contributed by atoms with Crippen LogP contribution in [0.2, 0.25) is 0 Å². The molecule has 0 bridgehead atoms. The van der Waals surface area contributed by atoms with E-state index in [4.69, 9.17) is 9.47 Å². The summed E-state index contributed by atoms with van der Waals surface area (Å²) < 4.78 is 10.3. The van der Waals surface area contributed by atoms with Crippen LogP contribution in [-0.4, -0.2) is 54.2 Å². The number of nitrogens with one attached hydrogen (secondary N) is 1. The van der Waals surface area contributed by atoms with Crippen LogP contribution in [0.4, 0.5) is 4.79 Å². The van der Waals surface area contributed by atoms with Crippen molar-refractivity contribution in [3.8, 4) is 0 Å². The van der Waals surface area contributed by atoms with E-state index in [0.29, 0.717) is 6.54 Å². The molecule has 0 aromatic rings. The Morgan fingerprint density at radius 3 is 2.11 bits per heavy atom. The number of alkyl carbamates (subject to hydrolysis) is 1. The number of hydrogen-bond donors (Lipinski definition) is 1. The van der Waals surface area contributed by atoms with Crippen molar-refractivity contribution in [3.63, 3.8) is 0 Å². The minimum absolute atomic E-state index is 0.0193. The zero-order valence-electron chi connectivity index (χ0n) is 18.0. The Kier molecular flexibility index (Phi) is 5.32. The summed E-state index contributed by atoms with van der Waals surface area (Å²) in [5.74, 6) is -0.304. The Morgan fingerprint density at radius 1 is 1.11 bits per heavy atom. The van der Waals surface area contributed by atoms with Crippen molar-refractivity contribution in [1.82, 2.24) is 10.2 Å². The molecule has 0 unspecified atom stereocenters. The first-order chi connectivity index (χ1) is 12.1. The average molecular weight is 383 g/mol. The molecule has 4 atom stereocenters. The van der Waals surface area contributed by atoms with E-state index in [2.05, 4.69) is 19.2 Å². The molecule has 7 heteroatoms. The second-order valence-electron chi connectivity index (χ2n) is 10.4. The average Bonchev–Trinajstić information content (AvgIpc) is 2.85. The number of methoxy groups -OCH3 is 1. The van der Waals surface area contributed by atoms with Crippen LogP contribution in [0.1, 0.15) is 55.4 Å². The predicted octanol–water partition coefficient (Wildman–Crippen LogP) is 2.58. The van der Waals surface area contributed by atoms with Gasteiger partial charge < -0.3 is 19.7 Å². The number of carbonyl (C=O) groups is 3. The van der Waals surface area contributed by atoms with E-state index in [1.165, 1.54) is 7.11 Å². The van der Waals surface area contributed by atoms with Crippen LogP contribution in [0.15, 0.2) is 0 Å². The lowest BCUT2D eigenvalue weighted by molar-refractivity contribution is -0.154. The lowest BCUT2D eigenvalue weighted by Gasteiger charge is -2.37. The maximum atomic E-state index is 13.3. The standard InChI is InChI=1S/C20H34N2O5/c1-18(2,3)14(21-17(25)27-19(4,5)6)15(23)22-10-11-12(20(11,7)8)13(22)16(24)26-9/h11-14H,10H2,1-9H3,(H,21,25)/t11-,12-,13-,14-/m0/s1. The molecule has 1 aliphatic heterocycles. The maximum Gasteiger partial charge on any atom is 0.408 e. The maximum absolute atomic E-state index is 13.3. The van der Waals surface area contributed by atoms with Gasteiger partial charge in [0.15, 0.2) is 0 Å². The van der Waals surface area contributed by atoms with E-state index in [0.717, 1.165) is 0 Å². The lowest BCUT2D eigenvalue weighted by Crippen LogP contribution is -2.58. The minimum atomic E-state index is -0.805. The Hall–Kier alpha value is -1.79. The number of amides is 2. The van der Waals surface area contributed by atoms with Crippen molar-refractivity contribution in [2.45, 2.75) is 73.1 Å². The molecule has 1 saturated heterocycles. The molecule has 0 aromatic carbocycles. The van der Waals surface area contributed by atoms with Gasteiger partial charge in [-0.05, 0) is 37.5 Å². The van der Waals surface area contributed by atoms with Crippen LogP contribution in [0.3, 0.4) is 0 Å². The number of esters is 1. The fourth-order valence-corrected chi connectivity index (χ4v) is 4.14.